The second-order valence-corrected chi connectivity index (χ2v) is 5.85. The first-order valence-electron chi connectivity index (χ1n) is 7.45. The van der Waals surface area contributed by atoms with Gasteiger partial charge in [0.15, 0.2) is 0 Å². The Balaban J connectivity index is 2.00. The first-order chi connectivity index (χ1) is 9.95. The fraction of sp³-hybridized carbons (Fsp3) is 0.786. The summed E-state index contributed by atoms with van der Waals surface area (Å²) in [6.45, 7) is 3.30. The Morgan fingerprint density at radius 3 is 2.48 bits per heavy atom. The van der Waals surface area contributed by atoms with Gasteiger partial charge in [0.05, 0.1) is 11.8 Å². The van der Waals surface area contributed by atoms with Gasteiger partial charge in [0.1, 0.15) is 0 Å². The molecule has 2 aliphatic rings. The van der Waals surface area contributed by atoms with Crippen LogP contribution in [0.15, 0.2) is 0 Å². The van der Waals surface area contributed by atoms with Crippen LogP contribution in [-0.4, -0.2) is 65.5 Å². The van der Waals surface area contributed by atoms with Crippen molar-refractivity contribution in [3.8, 4) is 0 Å². The molecule has 0 aromatic carbocycles. The molecular weight excluding hydrogens is 274 g/mol. The summed E-state index contributed by atoms with van der Waals surface area (Å²) in [5.41, 5.74) is 0. The number of carboxylic acids is 1. The summed E-state index contributed by atoms with van der Waals surface area (Å²) >= 11 is 0. The SMILES string of the molecule is CNC(=O)C1CCCN(C(=O)N2CCC(C(=O)O)C2C)C1. The molecule has 7 nitrogen and oxygen atoms in total. The zero-order chi connectivity index (χ0) is 15.6. The third-order valence-electron chi connectivity index (χ3n) is 4.63. The number of hydrogen-bond donors (Lipinski definition) is 2. The van der Waals surface area contributed by atoms with Gasteiger partial charge in [-0.05, 0) is 26.2 Å². The maximum absolute atomic E-state index is 12.6. The quantitative estimate of drug-likeness (QED) is 0.770. The van der Waals surface area contributed by atoms with Crippen molar-refractivity contribution in [3.05, 3.63) is 0 Å². The lowest BCUT2D eigenvalue weighted by Gasteiger charge is -2.36. The van der Waals surface area contributed by atoms with Gasteiger partial charge in [0.25, 0.3) is 0 Å². The van der Waals surface area contributed by atoms with Gasteiger partial charge >= 0.3 is 12.0 Å². The smallest absolute Gasteiger partial charge is 0.320 e. The molecule has 0 aromatic rings. The Morgan fingerprint density at radius 1 is 1.19 bits per heavy atom. The summed E-state index contributed by atoms with van der Waals surface area (Å²) in [6, 6.07) is -0.435. The number of aliphatic carboxylic acids is 1. The van der Waals surface area contributed by atoms with Crippen LogP contribution >= 0.6 is 0 Å². The number of carboxylic acid groups (broad SMARTS) is 1. The topological polar surface area (TPSA) is 90.0 Å². The van der Waals surface area contributed by atoms with E-state index in [0.717, 1.165) is 12.8 Å². The van der Waals surface area contributed by atoms with E-state index >= 15 is 0 Å². The standard InChI is InChI=1S/C14H23N3O4/c1-9-11(13(19)20)5-7-17(9)14(21)16-6-3-4-10(8-16)12(18)15-2/h9-11H,3-8H2,1-2H3,(H,15,18)(H,19,20). The van der Waals surface area contributed by atoms with Gasteiger partial charge < -0.3 is 20.2 Å². The van der Waals surface area contributed by atoms with Crippen molar-refractivity contribution in [2.75, 3.05) is 26.7 Å². The number of piperidine rings is 1. The van der Waals surface area contributed by atoms with Crippen LogP contribution in [0, 0.1) is 11.8 Å². The highest BCUT2D eigenvalue weighted by atomic mass is 16.4. The lowest BCUT2D eigenvalue weighted by atomic mass is 9.97. The number of amides is 3. The molecule has 2 rings (SSSR count). The largest absolute Gasteiger partial charge is 0.481 e. The van der Waals surface area contributed by atoms with Crippen LogP contribution in [0.1, 0.15) is 26.2 Å². The van der Waals surface area contributed by atoms with Crippen LogP contribution < -0.4 is 5.32 Å². The summed E-state index contributed by atoms with van der Waals surface area (Å²) in [5.74, 6) is -1.54. The number of carbonyl (C=O) groups excluding carboxylic acids is 2. The number of hydrogen-bond acceptors (Lipinski definition) is 3. The van der Waals surface area contributed by atoms with Crippen LogP contribution in [0.3, 0.4) is 0 Å². The molecule has 3 amide bonds. The van der Waals surface area contributed by atoms with E-state index in [9.17, 15) is 14.4 Å². The van der Waals surface area contributed by atoms with E-state index in [1.54, 1.807) is 23.8 Å². The lowest BCUT2D eigenvalue weighted by Crippen LogP contribution is -2.51. The van der Waals surface area contributed by atoms with Crippen LogP contribution in [0.2, 0.25) is 0 Å². The Hall–Kier alpha value is -1.79. The maximum Gasteiger partial charge on any atom is 0.320 e. The molecule has 0 spiro atoms. The van der Waals surface area contributed by atoms with Crippen LogP contribution in [0.5, 0.6) is 0 Å². The number of urea groups is 1. The van der Waals surface area contributed by atoms with Gasteiger partial charge in [-0.15, -0.1) is 0 Å². The lowest BCUT2D eigenvalue weighted by molar-refractivity contribution is -0.142. The number of nitrogens with zero attached hydrogens (tertiary/aromatic N) is 2. The summed E-state index contributed by atoms with van der Waals surface area (Å²) in [7, 11) is 1.60. The molecule has 0 saturated carbocycles. The molecule has 0 aliphatic carbocycles. The van der Waals surface area contributed by atoms with Gasteiger partial charge in [0.2, 0.25) is 5.91 Å². The van der Waals surface area contributed by atoms with Gasteiger partial charge in [-0.25, -0.2) is 4.79 Å². The molecule has 3 atom stereocenters. The normalized spacial score (nSPS) is 29.3. The van der Waals surface area contributed by atoms with Crippen molar-refractivity contribution in [3.63, 3.8) is 0 Å². The van der Waals surface area contributed by atoms with E-state index in [0.29, 0.717) is 26.1 Å². The molecule has 2 fully saturated rings. The van der Waals surface area contributed by atoms with Crippen LogP contribution in [0.25, 0.3) is 0 Å². The monoisotopic (exact) mass is 297 g/mol. The van der Waals surface area contributed by atoms with Crippen molar-refractivity contribution in [1.82, 2.24) is 15.1 Å². The summed E-state index contributed by atoms with van der Waals surface area (Å²) in [5, 5.41) is 11.8. The van der Waals surface area contributed by atoms with E-state index < -0.39 is 11.9 Å². The number of nitrogens with one attached hydrogen (secondary N) is 1. The Labute approximate surface area is 124 Å². The minimum Gasteiger partial charge on any atom is -0.481 e. The van der Waals surface area contributed by atoms with Gasteiger partial charge in [0, 0.05) is 32.7 Å². The van der Waals surface area contributed by atoms with Crippen molar-refractivity contribution in [1.29, 1.82) is 0 Å². The molecular formula is C14H23N3O4. The predicted octanol–water partition coefficient (Wildman–Crippen LogP) is 0.359. The molecule has 3 unspecified atom stereocenters. The predicted molar refractivity (Wildman–Crippen MR) is 75.7 cm³/mol. The van der Waals surface area contributed by atoms with E-state index in [-0.39, 0.29) is 23.9 Å². The minimum absolute atomic E-state index is 0.0367. The molecule has 7 heteroatoms. The molecule has 2 N–H and O–H groups in total. The van der Waals surface area contributed by atoms with Crippen molar-refractivity contribution < 1.29 is 19.5 Å². The number of carbonyl (C=O) groups is 3. The first-order valence-corrected chi connectivity index (χ1v) is 7.45. The zero-order valence-corrected chi connectivity index (χ0v) is 12.5. The maximum atomic E-state index is 12.6. The summed E-state index contributed by atoms with van der Waals surface area (Å²) in [6.07, 6.45) is 2.08. The molecule has 2 saturated heterocycles. The van der Waals surface area contributed by atoms with Crippen LogP contribution in [0.4, 0.5) is 4.79 Å². The molecule has 118 valence electrons. The molecule has 2 aliphatic heterocycles. The minimum atomic E-state index is -0.848. The van der Waals surface area contributed by atoms with E-state index in [1.165, 1.54) is 0 Å². The second kappa shape index (κ2) is 6.32. The van der Waals surface area contributed by atoms with E-state index in [1.807, 2.05) is 0 Å². The summed E-state index contributed by atoms with van der Waals surface area (Å²) in [4.78, 5) is 38.7. The van der Waals surface area contributed by atoms with E-state index in [2.05, 4.69) is 5.32 Å². The Morgan fingerprint density at radius 2 is 1.90 bits per heavy atom. The third kappa shape index (κ3) is 3.11. The van der Waals surface area contributed by atoms with Gasteiger partial charge in [-0.2, -0.15) is 0 Å². The fourth-order valence-corrected chi connectivity index (χ4v) is 3.29. The van der Waals surface area contributed by atoms with Crippen molar-refractivity contribution in [2.45, 2.75) is 32.2 Å². The number of rotatable bonds is 2. The zero-order valence-electron chi connectivity index (χ0n) is 12.5. The molecule has 21 heavy (non-hydrogen) atoms. The van der Waals surface area contributed by atoms with Crippen molar-refractivity contribution >= 4 is 17.9 Å². The molecule has 0 bridgehead atoms. The highest BCUT2D eigenvalue weighted by Crippen LogP contribution is 2.27. The first kappa shape index (κ1) is 15.6. The molecule has 0 aromatic heterocycles. The van der Waals surface area contributed by atoms with E-state index in [4.69, 9.17) is 5.11 Å². The highest BCUT2D eigenvalue weighted by molar-refractivity contribution is 5.81. The number of likely N-dealkylation sites (tertiary alicyclic amines) is 2. The molecule has 2 heterocycles. The Kier molecular flexibility index (Phi) is 4.69. The summed E-state index contributed by atoms with van der Waals surface area (Å²) < 4.78 is 0. The highest BCUT2D eigenvalue weighted by Gasteiger charge is 2.40. The van der Waals surface area contributed by atoms with Gasteiger partial charge in [-0.3, -0.25) is 9.59 Å². The average Bonchev–Trinajstić information content (AvgIpc) is 2.87. The van der Waals surface area contributed by atoms with Gasteiger partial charge in [-0.1, -0.05) is 0 Å². The average molecular weight is 297 g/mol. The fourth-order valence-electron chi connectivity index (χ4n) is 3.29. The van der Waals surface area contributed by atoms with Crippen molar-refractivity contribution in [2.24, 2.45) is 11.8 Å². The van der Waals surface area contributed by atoms with Crippen LogP contribution in [-0.2, 0) is 9.59 Å². The third-order valence-corrected chi connectivity index (χ3v) is 4.63. The second-order valence-electron chi connectivity index (χ2n) is 5.85. The molecule has 0 radical (unpaired) electrons. The Bertz CT molecular complexity index is 440.